The third-order valence-electron chi connectivity index (χ3n) is 7.04. The molecule has 0 amide bonds. The Morgan fingerprint density at radius 1 is 1.13 bits per heavy atom. The molecule has 3 nitrogen and oxygen atoms in total. The minimum atomic E-state index is -0.183. The van der Waals surface area contributed by atoms with E-state index in [1.807, 2.05) is 6.20 Å². The predicted molar refractivity (Wildman–Crippen MR) is 128 cm³/mol. The zero-order valence-electron chi connectivity index (χ0n) is 17.9. The lowest BCUT2D eigenvalue weighted by molar-refractivity contribution is -0.00678. The highest BCUT2D eigenvalue weighted by molar-refractivity contribution is 7.98. The van der Waals surface area contributed by atoms with Gasteiger partial charge in [0.15, 0.2) is 0 Å². The average Bonchev–Trinajstić information content (AvgIpc) is 2.77. The first-order valence-electron chi connectivity index (χ1n) is 10.9. The summed E-state index contributed by atoms with van der Waals surface area (Å²) in [6.07, 6.45) is 8.68. The molecule has 0 radical (unpaired) electrons. The van der Waals surface area contributed by atoms with Crippen molar-refractivity contribution in [1.29, 1.82) is 0 Å². The second-order valence-electron chi connectivity index (χ2n) is 8.99. The van der Waals surface area contributed by atoms with Gasteiger partial charge >= 0.3 is 0 Å². The van der Waals surface area contributed by atoms with E-state index in [0.717, 1.165) is 48.3 Å². The summed E-state index contributed by atoms with van der Waals surface area (Å²) in [6.45, 7) is 6.40. The maximum absolute atomic E-state index is 13.8. The summed E-state index contributed by atoms with van der Waals surface area (Å²) in [7, 11) is 0. The van der Waals surface area contributed by atoms with Crippen molar-refractivity contribution in [3.8, 4) is 0 Å². The van der Waals surface area contributed by atoms with E-state index in [1.165, 1.54) is 29.4 Å². The predicted octanol–water partition coefficient (Wildman–Crippen LogP) is 6.64. The molecule has 160 valence electrons. The van der Waals surface area contributed by atoms with E-state index in [-0.39, 0.29) is 5.82 Å². The summed E-state index contributed by atoms with van der Waals surface area (Å²) in [4.78, 5) is 8.04. The summed E-state index contributed by atoms with van der Waals surface area (Å²) in [5, 5.41) is 4.43. The van der Waals surface area contributed by atoms with Crippen LogP contribution in [0.4, 0.5) is 10.1 Å². The largest absolute Gasteiger partial charge is 0.357 e. The molecule has 1 N–H and O–H groups in total. The Hall–Kier alpha value is -2.53. The molecule has 2 aromatic carbocycles. The minimum absolute atomic E-state index is 0.183. The van der Waals surface area contributed by atoms with E-state index in [2.05, 4.69) is 58.4 Å². The normalized spacial score (nSPS) is 18.2. The number of pyridine rings is 1. The molecule has 0 bridgehead atoms. The number of benzene rings is 2. The monoisotopic (exact) mass is 433 g/mol. The number of fused-ring (bicyclic) bond motifs is 1. The molecule has 0 unspecified atom stereocenters. The van der Waals surface area contributed by atoms with Crippen molar-refractivity contribution in [2.45, 2.75) is 36.5 Å². The van der Waals surface area contributed by atoms with Crippen molar-refractivity contribution >= 4 is 28.4 Å². The fraction of sp³-hybridized carbons (Fsp3) is 0.346. The fourth-order valence-corrected chi connectivity index (χ4v) is 5.64. The van der Waals surface area contributed by atoms with Gasteiger partial charge in [-0.1, -0.05) is 6.58 Å². The Kier molecular flexibility index (Phi) is 5.39. The van der Waals surface area contributed by atoms with E-state index in [4.69, 9.17) is 0 Å². The zero-order chi connectivity index (χ0) is 21.4. The number of nitrogens with zero attached hydrogens (tertiary/aromatic N) is 2. The van der Waals surface area contributed by atoms with Gasteiger partial charge in [-0.15, -0.1) is 11.8 Å². The number of anilines is 1. The topological polar surface area (TPSA) is 28.2 Å². The van der Waals surface area contributed by atoms with Crippen LogP contribution in [0.5, 0.6) is 0 Å². The molecule has 5 heteroatoms. The number of likely N-dealkylation sites (tertiary alicyclic amines) is 1. The molecule has 2 fully saturated rings. The number of hydrogen-bond acceptors (Lipinski definition) is 4. The molecular formula is C26H28FN3S. The van der Waals surface area contributed by atoms with Crippen LogP contribution in [0.2, 0.25) is 0 Å². The van der Waals surface area contributed by atoms with E-state index < -0.39 is 0 Å². The van der Waals surface area contributed by atoms with Gasteiger partial charge < -0.3 is 10.2 Å². The summed E-state index contributed by atoms with van der Waals surface area (Å²) in [5.74, 6) is 1.29. The first kappa shape index (κ1) is 20.4. The maximum Gasteiger partial charge on any atom is 0.123 e. The van der Waals surface area contributed by atoms with Gasteiger partial charge in [0.1, 0.15) is 5.82 Å². The van der Waals surface area contributed by atoms with Crippen molar-refractivity contribution in [3.63, 3.8) is 0 Å². The number of aromatic nitrogens is 1. The van der Waals surface area contributed by atoms with E-state index in [9.17, 15) is 4.39 Å². The standard InChI is InChI=1S/C26H28FN3S/c1-18(29-21-4-6-22(31-2)7-5-21)30-16-26(17-30)12-9-19(10-13-26)23-11-14-28-25-8-3-20(27)15-24(23)25/h3-8,11,14-15,19,29H,1,9-10,12-13,16-17H2,2H3. The summed E-state index contributed by atoms with van der Waals surface area (Å²) in [5.41, 5.74) is 3.64. The second-order valence-corrected chi connectivity index (χ2v) is 9.87. The summed E-state index contributed by atoms with van der Waals surface area (Å²) < 4.78 is 13.8. The Balaban J connectivity index is 1.19. The Morgan fingerprint density at radius 2 is 1.87 bits per heavy atom. The molecule has 2 heterocycles. The SMILES string of the molecule is C=C(Nc1ccc(SC)cc1)N1CC2(CCC(c3ccnc4ccc(F)cc34)CC2)C1. The lowest BCUT2D eigenvalue weighted by Crippen LogP contribution is -2.57. The molecule has 5 rings (SSSR count). The van der Waals surface area contributed by atoms with Gasteiger partial charge in [0, 0.05) is 40.7 Å². The van der Waals surface area contributed by atoms with Crippen LogP contribution >= 0.6 is 11.8 Å². The maximum atomic E-state index is 13.8. The average molecular weight is 434 g/mol. The van der Waals surface area contributed by atoms with Crippen molar-refractivity contribution in [1.82, 2.24) is 9.88 Å². The quantitative estimate of drug-likeness (QED) is 0.457. The van der Waals surface area contributed by atoms with Crippen LogP contribution in [0.1, 0.15) is 37.2 Å². The van der Waals surface area contributed by atoms with Crippen LogP contribution in [0, 0.1) is 11.2 Å². The van der Waals surface area contributed by atoms with Gasteiger partial charge in [-0.2, -0.15) is 0 Å². The van der Waals surface area contributed by atoms with Crippen LogP contribution in [0.3, 0.4) is 0 Å². The number of thioether (sulfide) groups is 1. The molecular weight excluding hydrogens is 405 g/mol. The Bertz CT molecular complexity index is 1100. The molecule has 3 aromatic rings. The Morgan fingerprint density at radius 3 is 2.58 bits per heavy atom. The van der Waals surface area contributed by atoms with Gasteiger partial charge in [0.25, 0.3) is 0 Å². The van der Waals surface area contributed by atoms with E-state index in [0.29, 0.717) is 11.3 Å². The lowest BCUT2D eigenvalue weighted by atomic mass is 9.64. The van der Waals surface area contributed by atoms with Crippen LogP contribution in [-0.4, -0.2) is 29.2 Å². The highest BCUT2D eigenvalue weighted by atomic mass is 32.2. The van der Waals surface area contributed by atoms with Crippen LogP contribution in [0.25, 0.3) is 10.9 Å². The Labute approximate surface area is 187 Å². The van der Waals surface area contributed by atoms with Crippen molar-refractivity contribution in [2.75, 3.05) is 24.7 Å². The van der Waals surface area contributed by atoms with Crippen LogP contribution in [-0.2, 0) is 0 Å². The van der Waals surface area contributed by atoms with Crippen LogP contribution < -0.4 is 5.32 Å². The highest BCUT2D eigenvalue weighted by Crippen LogP contribution is 2.49. The number of hydrogen-bond donors (Lipinski definition) is 1. The number of halogens is 1. The number of rotatable bonds is 5. The number of nitrogens with one attached hydrogen (secondary N) is 1. The van der Waals surface area contributed by atoms with Gasteiger partial charge in [-0.25, -0.2) is 4.39 Å². The molecule has 1 aliphatic heterocycles. The first-order chi connectivity index (χ1) is 15.0. The molecule has 2 aliphatic rings. The highest BCUT2D eigenvalue weighted by Gasteiger charge is 2.45. The minimum Gasteiger partial charge on any atom is -0.357 e. The smallest absolute Gasteiger partial charge is 0.123 e. The van der Waals surface area contributed by atoms with Crippen molar-refractivity contribution < 1.29 is 4.39 Å². The molecule has 1 spiro atoms. The third kappa shape index (κ3) is 4.03. The summed E-state index contributed by atoms with van der Waals surface area (Å²) in [6, 6.07) is 15.5. The van der Waals surface area contributed by atoms with Gasteiger partial charge in [-0.05, 0) is 92.0 Å². The second kappa shape index (κ2) is 8.19. The molecule has 1 aliphatic carbocycles. The fourth-order valence-electron chi connectivity index (χ4n) is 5.23. The molecule has 31 heavy (non-hydrogen) atoms. The third-order valence-corrected chi connectivity index (χ3v) is 7.78. The molecule has 1 saturated heterocycles. The summed E-state index contributed by atoms with van der Waals surface area (Å²) >= 11 is 1.75. The lowest BCUT2D eigenvalue weighted by Gasteiger charge is -2.55. The van der Waals surface area contributed by atoms with E-state index in [1.54, 1.807) is 23.9 Å². The van der Waals surface area contributed by atoms with Crippen molar-refractivity contribution in [3.05, 3.63) is 78.5 Å². The first-order valence-corrected chi connectivity index (χ1v) is 12.2. The van der Waals surface area contributed by atoms with Gasteiger partial charge in [0.2, 0.25) is 0 Å². The molecule has 1 saturated carbocycles. The van der Waals surface area contributed by atoms with Gasteiger partial charge in [-0.3, -0.25) is 4.98 Å². The molecule has 1 aromatic heterocycles. The van der Waals surface area contributed by atoms with Crippen molar-refractivity contribution in [2.24, 2.45) is 5.41 Å². The molecule has 0 atom stereocenters. The van der Waals surface area contributed by atoms with Crippen LogP contribution in [0.15, 0.2) is 72.0 Å². The van der Waals surface area contributed by atoms with E-state index >= 15 is 0 Å². The van der Waals surface area contributed by atoms with Gasteiger partial charge in [0.05, 0.1) is 11.3 Å². The zero-order valence-corrected chi connectivity index (χ0v) is 18.7.